The minimum atomic E-state index is -0.814. The van der Waals surface area contributed by atoms with Gasteiger partial charge in [-0.3, -0.25) is 14.9 Å². The minimum absolute atomic E-state index is 0.0201. The van der Waals surface area contributed by atoms with Gasteiger partial charge < -0.3 is 14.7 Å². The number of ether oxygens (including phenoxy) is 1. The number of aliphatic carboxylic acids is 1. The molecule has 1 heterocycles. The van der Waals surface area contributed by atoms with Crippen molar-refractivity contribution in [2.24, 2.45) is 5.41 Å². The summed E-state index contributed by atoms with van der Waals surface area (Å²) in [6.07, 6.45) is 0.928. The highest BCUT2D eigenvalue weighted by atomic mass is 16.6. The Morgan fingerprint density at radius 1 is 1.43 bits per heavy atom. The van der Waals surface area contributed by atoms with Crippen LogP contribution in [-0.2, 0) is 4.79 Å². The highest BCUT2D eigenvalue weighted by molar-refractivity contribution is 5.75. The minimum Gasteiger partial charge on any atom is -0.496 e. The predicted molar refractivity (Wildman–Crippen MR) is 76.8 cm³/mol. The molecular formula is C14H18N2O5. The molecule has 1 saturated heterocycles. The number of nitro groups is 1. The number of rotatable bonds is 4. The lowest BCUT2D eigenvalue weighted by Gasteiger charge is -2.37. The first kappa shape index (κ1) is 15.1. The first-order valence-corrected chi connectivity index (χ1v) is 6.68. The van der Waals surface area contributed by atoms with Crippen molar-refractivity contribution in [3.8, 4) is 5.75 Å². The van der Waals surface area contributed by atoms with Gasteiger partial charge in [0.25, 0.3) is 5.69 Å². The molecule has 0 spiro atoms. The standard InChI is InChI=1S/C14H18N2O5/c1-14(13(17)18)5-7-15(8-6-14)11-4-3-10(21-2)9-12(11)16(19)20/h3-4,9H,5-8H2,1-2H3,(H,17,18). The van der Waals surface area contributed by atoms with Crippen LogP contribution >= 0.6 is 0 Å². The Labute approximate surface area is 122 Å². The van der Waals surface area contributed by atoms with Crippen LogP contribution in [0.25, 0.3) is 0 Å². The number of hydrogen-bond donors (Lipinski definition) is 1. The summed E-state index contributed by atoms with van der Waals surface area (Å²) in [5, 5.41) is 20.4. The number of carbonyl (C=O) groups is 1. The molecule has 0 bridgehead atoms. The fourth-order valence-corrected chi connectivity index (χ4v) is 2.50. The molecule has 0 radical (unpaired) electrons. The van der Waals surface area contributed by atoms with Gasteiger partial charge in [-0.15, -0.1) is 0 Å². The summed E-state index contributed by atoms with van der Waals surface area (Å²) in [5.41, 5.74) is -0.265. The van der Waals surface area contributed by atoms with Crippen molar-refractivity contribution < 1.29 is 19.6 Å². The number of nitrogens with zero attached hydrogens (tertiary/aromatic N) is 2. The van der Waals surface area contributed by atoms with Crippen LogP contribution < -0.4 is 9.64 Å². The van der Waals surface area contributed by atoms with E-state index < -0.39 is 16.3 Å². The zero-order valence-corrected chi connectivity index (χ0v) is 12.0. The predicted octanol–water partition coefficient (Wildman–Crippen LogP) is 2.29. The molecule has 21 heavy (non-hydrogen) atoms. The number of carboxylic acids is 1. The van der Waals surface area contributed by atoms with Gasteiger partial charge in [0.1, 0.15) is 11.4 Å². The summed E-state index contributed by atoms with van der Waals surface area (Å²) in [4.78, 5) is 23.9. The smallest absolute Gasteiger partial charge is 0.309 e. The molecular weight excluding hydrogens is 276 g/mol. The molecule has 7 heteroatoms. The number of piperidine rings is 1. The number of hydrogen-bond acceptors (Lipinski definition) is 5. The molecule has 1 fully saturated rings. The van der Waals surface area contributed by atoms with E-state index in [0.717, 1.165) is 0 Å². The van der Waals surface area contributed by atoms with Crippen molar-refractivity contribution in [2.75, 3.05) is 25.1 Å². The third kappa shape index (κ3) is 2.91. The van der Waals surface area contributed by atoms with E-state index in [2.05, 4.69) is 0 Å². The molecule has 2 rings (SSSR count). The molecule has 0 atom stereocenters. The van der Waals surface area contributed by atoms with Crippen molar-refractivity contribution in [3.05, 3.63) is 28.3 Å². The largest absolute Gasteiger partial charge is 0.496 e. The van der Waals surface area contributed by atoms with Crippen LogP contribution in [0.4, 0.5) is 11.4 Å². The van der Waals surface area contributed by atoms with Gasteiger partial charge in [-0.25, -0.2) is 0 Å². The number of carboxylic acid groups (broad SMARTS) is 1. The van der Waals surface area contributed by atoms with Crippen LogP contribution in [0.15, 0.2) is 18.2 Å². The molecule has 1 aromatic rings. The molecule has 1 aliphatic rings. The van der Waals surface area contributed by atoms with Gasteiger partial charge >= 0.3 is 5.97 Å². The van der Waals surface area contributed by atoms with E-state index in [0.29, 0.717) is 37.4 Å². The quantitative estimate of drug-likeness (QED) is 0.676. The van der Waals surface area contributed by atoms with Crippen LogP contribution in [0.1, 0.15) is 19.8 Å². The fraction of sp³-hybridized carbons (Fsp3) is 0.500. The molecule has 0 unspecified atom stereocenters. The maximum Gasteiger partial charge on any atom is 0.309 e. The average Bonchev–Trinajstić information content (AvgIpc) is 2.47. The first-order valence-electron chi connectivity index (χ1n) is 6.68. The van der Waals surface area contributed by atoms with Crippen LogP contribution in [0.5, 0.6) is 5.75 Å². The first-order chi connectivity index (χ1) is 9.87. The molecule has 1 aromatic carbocycles. The Kier molecular flexibility index (Phi) is 4.02. The third-order valence-electron chi connectivity index (χ3n) is 4.10. The Hall–Kier alpha value is -2.31. The highest BCUT2D eigenvalue weighted by Gasteiger charge is 2.38. The van der Waals surface area contributed by atoms with Crippen molar-refractivity contribution >= 4 is 17.3 Å². The normalized spacial score (nSPS) is 17.3. The molecule has 0 saturated carbocycles. The van der Waals surface area contributed by atoms with Gasteiger partial charge in [0.05, 0.1) is 23.5 Å². The number of nitro benzene ring substituents is 1. The Bertz CT molecular complexity index is 564. The Morgan fingerprint density at radius 3 is 2.52 bits per heavy atom. The van der Waals surface area contributed by atoms with Crippen LogP contribution in [0, 0.1) is 15.5 Å². The van der Waals surface area contributed by atoms with Gasteiger partial charge in [0.15, 0.2) is 0 Å². The second-order valence-electron chi connectivity index (χ2n) is 5.46. The van der Waals surface area contributed by atoms with Gasteiger partial charge in [-0.1, -0.05) is 0 Å². The zero-order chi connectivity index (χ0) is 15.6. The van der Waals surface area contributed by atoms with Crippen LogP contribution in [-0.4, -0.2) is 36.2 Å². The summed E-state index contributed by atoms with van der Waals surface area (Å²) in [6.45, 7) is 2.68. The topological polar surface area (TPSA) is 92.9 Å². The van der Waals surface area contributed by atoms with Gasteiger partial charge in [-0.05, 0) is 31.9 Å². The number of anilines is 1. The summed E-state index contributed by atoms with van der Waals surface area (Å²) < 4.78 is 5.01. The summed E-state index contributed by atoms with van der Waals surface area (Å²) in [6, 6.07) is 4.72. The molecule has 7 nitrogen and oxygen atoms in total. The molecule has 114 valence electrons. The molecule has 1 N–H and O–H groups in total. The van der Waals surface area contributed by atoms with Crippen molar-refractivity contribution in [1.29, 1.82) is 0 Å². The molecule has 1 aliphatic heterocycles. The van der Waals surface area contributed by atoms with E-state index in [1.165, 1.54) is 13.2 Å². The second-order valence-corrected chi connectivity index (χ2v) is 5.46. The van der Waals surface area contributed by atoms with Crippen LogP contribution in [0.2, 0.25) is 0 Å². The molecule has 0 aliphatic carbocycles. The average molecular weight is 294 g/mol. The Balaban J connectivity index is 2.24. The molecule has 0 amide bonds. The van der Waals surface area contributed by atoms with Crippen molar-refractivity contribution in [3.63, 3.8) is 0 Å². The van der Waals surface area contributed by atoms with E-state index in [1.807, 2.05) is 4.90 Å². The van der Waals surface area contributed by atoms with Crippen LogP contribution in [0.3, 0.4) is 0 Å². The molecule has 0 aromatic heterocycles. The van der Waals surface area contributed by atoms with E-state index in [4.69, 9.17) is 4.74 Å². The van der Waals surface area contributed by atoms with E-state index in [1.54, 1.807) is 19.1 Å². The summed E-state index contributed by atoms with van der Waals surface area (Å²) in [5.74, 6) is -0.385. The number of methoxy groups -OCH3 is 1. The lowest BCUT2D eigenvalue weighted by molar-refractivity contribution is -0.384. The van der Waals surface area contributed by atoms with Gasteiger partial charge in [-0.2, -0.15) is 0 Å². The Morgan fingerprint density at radius 2 is 2.05 bits per heavy atom. The second kappa shape index (κ2) is 5.59. The van der Waals surface area contributed by atoms with Gasteiger partial charge in [0.2, 0.25) is 0 Å². The van der Waals surface area contributed by atoms with E-state index >= 15 is 0 Å². The van der Waals surface area contributed by atoms with E-state index in [9.17, 15) is 20.0 Å². The third-order valence-corrected chi connectivity index (χ3v) is 4.10. The fourth-order valence-electron chi connectivity index (χ4n) is 2.50. The monoisotopic (exact) mass is 294 g/mol. The highest BCUT2D eigenvalue weighted by Crippen LogP contribution is 2.37. The SMILES string of the molecule is COc1ccc(N2CCC(C)(C(=O)O)CC2)c([N+](=O)[O-])c1. The zero-order valence-electron chi connectivity index (χ0n) is 12.0. The summed E-state index contributed by atoms with van der Waals surface area (Å²) in [7, 11) is 1.46. The van der Waals surface area contributed by atoms with Crippen molar-refractivity contribution in [2.45, 2.75) is 19.8 Å². The van der Waals surface area contributed by atoms with E-state index in [-0.39, 0.29) is 5.69 Å². The van der Waals surface area contributed by atoms with Crippen molar-refractivity contribution in [1.82, 2.24) is 0 Å². The lowest BCUT2D eigenvalue weighted by atomic mass is 9.80. The summed E-state index contributed by atoms with van der Waals surface area (Å²) >= 11 is 0. The maximum atomic E-state index is 11.2. The number of benzene rings is 1. The van der Waals surface area contributed by atoms with Gasteiger partial charge in [0, 0.05) is 13.1 Å². The lowest BCUT2D eigenvalue weighted by Crippen LogP contribution is -2.42. The maximum absolute atomic E-state index is 11.2.